The minimum absolute atomic E-state index is 0.107. The summed E-state index contributed by atoms with van der Waals surface area (Å²) >= 11 is 0. The normalized spacial score (nSPS) is 39.1. The van der Waals surface area contributed by atoms with E-state index in [2.05, 4.69) is 48.1 Å². The number of allylic oxidation sites excluding steroid dienone is 1. The average molecular weight is 733 g/mol. The van der Waals surface area contributed by atoms with Crippen LogP contribution in [0.25, 0.3) is 6.08 Å². The predicted octanol–water partition coefficient (Wildman–Crippen LogP) is 8.83. The van der Waals surface area contributed by atoms with Crippen molar-refractivity contribution in [3.8, 4) is 5.75 Å². The molecule has 53 heavy (non-hydrogen) atoms. The maximum atomic E-state index is 13.1. The fraction of sp³-hybridized carbons (Fsp3) is 0.711. The molecule has 0 saturated heterocycles. The van der Waals surface area contributed by atoms with Gasteiger partial charge in [-0.2, -0.15) is 0 Å². The second kappa shape index (κ2) is 14.5. The van der Waals surface area contributed by atoms with Gasteiger partial charge in [0.05, 0.1) is 19.6 Å². The third kappa shape index (κ3) is 6.78. The molecule has 5 aliphatic rings. The molecule has 1 aromatic carbocycles. The molecule has 11 atom stereocenters. The molecular weight excluding hydrogens is 668 g/mol. The van der Waals surface area contributed by atoms with Gasteiger partial charge in [-0.3, -0.25) is 4.79 Å². The lowest BCUT2D eigenvalue weighted by molar-refractivity contribution is -0.251. The number of hydrogen-bond donors (Lipinski definition) is 2. The lowest BCUT2D eigenvalue weighted by Gasteiger charge is -2.73. The molecule has 5 fully saturated rings. The van der Waals surface area contributed by atoms with Crippen molar-refractivity contribution >= 4 is 24.0 Å². The molecule has 1 aromatic rings. The monoisotopic (exact) mass is 732 g/mol. The van der Waals surface area contributed by atoms with Crippen LogP contribution in [0.2, 0.25) is 0 Å². The largest absolute Gasteiger partial charge is 0.508 e. The van der Waals surface area contributed by atoms with Crippen molar-refractivity contribution in [1.29, 1.82) is 0 Å². The summed E-state index contributed by atoms with van der Waals surface area (Å²) in [6.45, 7) is 21.2. The van der Waals surface area contributed by atoms with Gasteiger partial charge in [0.25, 0.3) is 0 Å². The van der Waals surface area contributed by atoms with Crippen LogP contribution < -0.4 is 0 Å². The van der Waals surface area contributed by atoms with E-state index in [4.69, 9.17) is 14.2 Å². The van der Waals surface area contributed by atoms with Gasteiger partial charge >= 0.3 is 17.9 Å². The van der Waals surface area contributed by atoms with E-state index in [0.717, 1.165) is 69.8 Å². The van der Waals surface area contributed by atoms with Crippen molar-refractivity contribution in [2.24, 2.45) is 56.7 Å². The zero-order valence-electron chi connectivity index (χ0n) is 33.2. The molecule has 0 bridgehead atoms. The second-order valence-electron chi connectivity index (χ2n) is 18.9. The van der Waals surface area contributed by atoms with Gasteiger partial charge < -0.3 is 24.4 Å². The van der Waals surface area contributed by atoms with Gasteiger partial charge in [-0.1, -0.05) is 58.9 Å². The Kier molecular flexibility index (Phi) is 10.8. The van der Waals surface area contributed by atoms with Crippen molar-refractivity contribution in [2.75, 3.05) is 13.2 Å². The molecule has 0 spiro atoms. The Morgan fingerprint density at radius 3 is 2.28 bits per heavy atom. The standard InChI is InChI=1S/C45H64O8/c1-9-51-38(49)26-33(47)40(50)52-27-45-23-18-31(28(2)3)39(45)32-15-16-35-42(6)21-20-36(53-37(48)17-12-29-10-13-30(46)14-11-29)41(4,5)34(42)19-22-44(35,8)43(32,7)24-25-45/h10-14,17,31-36,39,46-47H,2,9,15-16,18-27H2,1,3-8H3/t31-,32+,33+,34-,35+,36-,39+,42-,43+,44+,45+/m0/s1. The lowest BCUT2D eigenvalue weighted by Crippen LogP contribution is -2.67. The fourth-order valence-electron chi connectivity index (χ4n) is 13.4. The minimum atomic E-state index is -1.52. The molecule has 8 heteroatoms. The predicted molar refractivity (Wildman–Crippen MR) is 204 cm³/mol. The van der Waals surface area contributed by atoms with Crippen LogP contribution in [0.5, 0.6) is 5.75 Å². The zero-order valence-corrected chi connectivity index (χ0v) is 33.2. The van der Waals surface area contributed by atoms with E-state index in [1.807, 2.05) is 0 Å². The number of fused-ring (bicyclic) bond motifs is 7. The van der Waals surface area contributed by atoms with Crippen LogP contribution in [0.4, 0.5) is 0 Å². The van der Waals surface area contributed by atoms with E-state index in [0.29, 0.717) is 29.6 Å². The summed E-state index contributed by atoms with van der Waals surface area (Å²) in [6.07, 6.45) is 11.7. The molecular formula is C45H64O8. The summed E-state index contributed by atoms with van der Waals surface area (Å²) in [6, 6.07) is 6.77. The maximum absolute atomic E-state index is 13.1. The number of aromatic hydroxyl groups is 1. The van der Waals surface area contributed by atoms with E-state index >= 15 is 0 Å². The average Bonchev–Trinajstić information content (AvgIpc) is 3.49. The molecule has 5 aliphatic carbocycles. The highest BCUT2D eigenvalue weighted by atomic mass is 16.6. The first kappa shape index (κ1) is 39.6. The minimum Gasteiger partial charge on any atom is -0.508 e. The molecule has 0 amide bonds. The molecule has 0 aliphatic heterocycles. The SMILES string of the molecule is C=C(C)[C@@H]1CC[C@]2(COC(=O)[C@H](O)CC(=O)OCC)CC[C@]3(C)[C@H](CC[C@@H]4[C@@]5(C)CC[C@H](OC(=O)C=Cc6ccc(O)cc6)C(C)(C)[C@@H]5CC[C@]43C)[C@@H]12. The third-order valence-corrected chi connectivity index (χ3v) is 16.2. The van der Waals surface area contributed by atoms with Crippen molar-refractivity contribution in [3.63, 3.8) is 0 Å². The van der Waals surface area contributed by atoms with Crippen LogP contribution in [0.3, 0.4) is 0 Å². The van der Waals surface area contributed by atoms with Crippen LogP contribution in [-0.2, 0) is 28.6 Å². The van der Waals surface area contributed by atoms with Gasteiger partial charge in [0.2, 0.25) is 0 Å². The number of phenols is 1. The highest BCUT2D eigenvalue weighted by molar-refractivity contribution is 5.87. The smallest absolute Gasteiger partial charge is 0.335 e. The molecule has 5 saturated carbocycles. The lowest BCUT2D eigenvalue weighted by atomic mass is 9.32. The van der Waals surface area contributed by atoms with Crippen LogP contribution in [-0.4, -0.2) is 53.5 Å². The summed E-state index contributed by atoms with van der Waals surface area (Å²) in [5.74, 6) is 0.691. The number of aliphatic hydroxyl groups excluding tert-OH is 1. The summed E-state index contributed by atoms with van der Waals surface area (Å²) in [5, 5.41) is 20.1. The summed E-state index contributed by atoms with van der Waals surface area (Å²) in [4.78, 5) is 38.0. The van der Waals surface area contributed by atoms with Crippen LogP contribution in [0.1, 0.15) is 125 Å². The molecule has 0 unspecified atom stereocenters. The Labute approximate surface area is 317 Å². The van der Waals surface area contributed by atoms with Crippen molar-refractivity contribution in [1.82, 2.24) is 0 Å². The van der Waals surface area contributed by atoms with Crippen molar-refractivity contribution < 1.29 is 38.8 Å². The first-order valence-electron chi connectivity index (χ1n) is 20.3. The van der Waals surface area contributed by atoms with E-state index < -0.39 is 24.5 Å². The summed E-state index contributed by atoms with van der Waals surface area (Å²) in [5.41, 5.74) is 2.07. The summed E-state index contributed by atoms with van der Waals surface area (Å²) < 4.78 is 17.1. The van der Waals surface area contributed by atoms with E-state index in [-0.39, 0.29) is 58.1 Å². The Morgan fingerprint density at radius 1 is 0.887 bits per heavy atom. The molecule has 292 valence electrons. The van der Waals surface area contributed by atoms with Crippen LogP contribution in [0.15, 0.2) is 42.5 Å². The molecule has 0 heterocycles. The number of rotatable bonds is 10. The number of esters is 3. The Bertz CT molecular complexity index is 1600. The van der Waals surface area contributed by atoms with E-state index in [1.54, 1.807) is 37.3 Å². The van der Waals surface area contributed by atoms with Crippen molar-refractivity contribution in [3.05, 3.63) is 48.1 Å². The van der Waals surface area contributed by atoms with Crippen LogP contribution >= 0.6 is 0 Å². The second-order valence-corrected chi connectivity index (χ2v) is 18.9. The highest BCUT2D eigenvalue weighted by Crippen LogP contribution is 2.77. The topological polar surface area (TPSA) is 119 Å². The molecule has 0 aromatic heterocycles. The first-order valence-corrected chi connectivity index (χ1v) is 20.3. The van der Waals surface area contributed by atoms with E-state index in [9.17, 15) is 24.6 Å². The molecule has 2 N–H and O–H groups in total. The first-order chi connectivity index (χ1) is 24.9. The van der Waals surface area contributed by atoms with Gasteiger partial charge in [-0.25, -0.2) is 9.59 Å². The number of carbonyl (C=O) groups excluding carboxylic acids is 3. The van der Waals surface area contributed by atoms with Gasteiger partial charge in [0.15, 0.2) is 6.10 Å². The van der Waals surface area contributed by atoms with Crippen LogP contribution in [0, 0.1) is 56.7 Å². The van der Waals surface area contributed by atoms with E-state index in [1.165, 1.54) is 11.6 Å². The number of hydrogen-bond acceptors (Lipinski definition) is 8. The number of benzene rings is 1. The fourth-order valence-corrected chi connectivity index (χ4v) is 13.4. The summed E-state index contributed by atoms with van der Waals surface area (Å²) in [7, 11) is 0. The zero-order chi connectivity index (χ0) is 38.6. The van der Waals surface area contributed by atoms with Gasteiger partial charge in [-0.05, 0) is 148 Å². The Balaban J connectivity index is 1.19. The number of aliphatic hydroxyl groups is 1. The molecule has 8 nitrogen and oxygen atoms in total. The number of carbonyl (C=O) groups is 3. The van der Waals surface area contributed by atoms with Gasteiger partial charge in [-0.15, -0.1) is 0 Å². The quantitative estimate of drug-likeness (QED) is 0.106. The number of ether oxygens (including phenoxy) is 3. The Morgan fingerprint density at radius 2 is 1.60 bits per heavy atom. The van der Waals surface area contributed by atoms with Crippen molar-refractivity contribution in [2.45, 2.75) is 131 Å². The van der Waals surface area contributed by atoms with Gasteiger partial charge in [0, 0.05) is 16.9 Å². The maximum Gasteiger partial charge on any atom is 0.335 e. The number of phenolic OH excluding ortho intramolecular Hbond substituents is 1. The Hall–Kier alpha value is -3.13. The molecule has 0 radical (unpaired) electrons. The molecule has 6 rings (SSSR count). The van der Waals surface area contributed by atoms with Gasteiger partial charge in [0.1, 0.15) is 11.9 Å². The third-order valence-electron chi connectivity index (χ3n) is 16.2. The highest BCUT2D eigenvalue weighted by Gasteiger charge is 2.71.